The van der Waals surface area contributed by atoms with Gasteiger partial charge in [-0.2, -0.15) is 0 Å². The Morgan fingerprint density at radius 3 is 2.79 bits per heavy atom. The first-order valence-electron chi connectivity index (χ1n) is 4.38. The second-order valence-corrected chi connectivity index (χ2v) is 3.28. The molecule has 2 rings (SSSR count). The first kappa shape index (κ1) is 8.89. The lowest BCUT2D eigenvalue weighted by molar-refractivity contribution is 0.612. The van der Waals surface area contributed by atoms with E-state index < -0.39 is 0 Å². The van der Waals surface area contributed by atoms with Crippen molar-refractivity contribution in [3.63, 3.8) is 0 Å². The molecule has 2 heterocycles. The summed E-state index contributed by atoms with van der Waals surface area (Å²) in [5.41, 5.74) is 3.99. The predicted octanol–water partition coefficient (Wildman–Crippen LogP) is 0.693. The molecule has 6 nitrogen and oxygen atoms in total. The Hall–Kier alpha value is -1.69. The second-order valence-electron chi connectivity index (χ2n) is 3.28. The fraction of sp³-hybridized carbons (Fsp3) is 0.375. The number of fused-ring (bicyclic) bond motifs is 1. The van der Waals surface area contributed by atoms with Crippen LogP contribution in [0, 0.1) is 0 Å². The van der Waals surface area contributed by atoms with Gasteiger partial charge in [-0.05, 0) is 13.8 Å². The number of hydrogen-bond acceptors (Lipinski definition) is 5. The van der Waals surface area contributed by atoms with E-state index in [2.05, 4.69) is 34.2 Å². The van der Waals surface area contributed by atoms with E-state index in [-0.39, 0.29) is 0 Å². The minimum Gasteiger partial charge on any atom is -0.313 e. The Morgan fingerprint density at radius 1 is 1.36 bits per heavy atom. The fourth-order valence-electron chi connectivity index (χ4n) is 1.34. The molecule has 0 aliphatic heterocycles. The molecule has 2 aromatic heterocycles. The number of nitrogen functional groups attached to an aromatic ring is 1. The van der Waals surface area contributed by atoms with Gasteiger partial charge in [-0.3, -0.25) is 0 Å². The molecular formula is C8H12N6. The minimum atomic E-state index is 0.320. The lowest BCUT2D eigenvalue weighted by atomic mass is 10.4. The van der Waals surface area contributed by atoms with Crippen LogP contribution in [0.2, 0.25) is 0 Å². The molecule has 6 heteroatoms. The molecule has 0 aromatic carbocycles. The zero-order chi connectivity index (χ0) is 10.1. The van der Waals surface area contributed by atoms with Crippen LogP contribution in [0.25, 0.3) is 11.2 Å². The number of nitrogens with zero attached hydrogens (tertiary/aromatic N) is 4. The van der Waals surface area contributed by atoms with E-state index in [9.17, 15) is 0 Å². The van der Waals surface area contributed by atoms with Gasteiger partial charge in [0.05, 0.1) is 6.33 Å². The third-order valence-corrected chi connectivity index (χ3v) is 2.05. The Balaban J connectivity index is 2.69. The maximum absolute atomic E-state index is 5.31. The molecule has 0 aliphatic rings. The van der Waals surface area contributed by atoms with Gasteiger partial charge < -0.3 is 9.99 Å². The summed E-state index contributed by atoms with van der Waals surface area (Å²) < 4.78 is 1.97. The first-order valence-corrected chi connectivity index (χ1v) is 4.38. The van der Waals surface area contributed by atoms with Crippen LogP contribution in [0.5, 0.6) is 0 Å². The minimum absolute atomic E-state index is 0.320. The van der Waals surface area contributed by atoms with Gasteiger partial charge in [0.2, 0.25) is 0 Å². The second kappa shape index (κ2) is 3.22. The van der Waals surface area contributed by atoms with Crippen molar-refractivity contribution in [1.82, 2.24) is 19.5 Å². The summed E-state index contributed by atoms with van der Waals surface area (Å²) in [5.74, 6) is 5.86. The number of nitrogens with one attached hydrogen (secondary N) is 1. The molecule has 0 radical (unpaired) electrons. The summed E-state index contributed by atoms with van der Waals surface area (Å²) in [6, 6.07) is 0.320. The molecule has 0 saturated carbocycles. The Bertz CT molecular complexity index is 446. The Labute approximate surface area is 81.1 Å². The average Bonchev–Trinajstić information content (AvgIpc) is 2.60. The third-order valence-electron chi connectivity index (χ3n) is 2.05. The van der Waals surface area contributed by atoms with Crippen molar-refractivity contribution in [1.29, 1.82) is 0 Å². The van der Waals surface area contributed by atoms with Crippen LogP contribution in [-0.2, 0) is 0 Å². The van der Waals surface area contributed by atoms with E-state index in [1.54, 1.807) is 6.33 Å². The number of aromatic nitrogens is 4. The van der Waals surface area contributed by atoms with Gasteiger partial charge in [0.15, 0.2) is 17.0 Å². The summed E-state index contributed by atoms with van der Waals surface area (Å²) in [4.78, 5) is 12.3. The molecule has 74 valence electrons. The van der Waals surface area contributed by atoms with Gasteiger partial charge in [-0.15, -0.1) is 0 Å². The number of hydrazine groups is 1. The highest BCUT2D eigenvalue weighted by molar-refractivity contribution is 5.82. The van der Waals surface area contributed by atoms with Gasteiger partial charge in [-0.25, -0.2) is 20.8 Å². The van der Waals surface area contributed by atoms with E-state index in [0.717, 1.165) is 5.65 Å². The summed E-state index contributed by atoms with van der Waals surface area (Å²) >= 11 is 0. The lowest BCUT2D eigenvalue weighted by Gasteiger charge is -2.06. The molecule has 0 saturated heterocycles. The summed E-state index contributed by atoms with van der Waals surface area (Å²) in [6.45, 7) is 4.14. The topological polar surface area (TPSA) is 81.7 Å². The van der Waals surface area contributed by atoms with E-state index in [0.29, 0.717) is 17.4 Å². The zero-order valence-electron chi connectivity index (χ0n) is 8.10. The quantitative estimate of drug-likeness (QED) is 0.540. The molecule has 2 aromatic rings. The molecular weight excluding hydrogens is 180 g/mol. The predicted molar refractivity (Wildman–Crippen MR) is 53.5 cm³/mol. The van der Waals surface area contributed by atoms with E-state index in [1.807, 2.05) is 4.57 Å². The SMILES string of the molecule is CC(C)n1cnc2c(NN)ncnc21. The summed E-state index contributed by atoms with van der Waals surface area (Å²) in [5, 5.41) is 0. The van der Waals surface area contributed by atoms with Crippen LogP contribution in [0.15, 0.2) is 12.7 Å². The number of imidazole rings is 1. The van der Waals surface area contributed by atoms with Crippen molar-refractivity contribution < 1.29 is 0 Å². The zero-order valence-corrected chi connectivity index (χ0v) is 8.10. The van der Waals surface area contributed by atoms with Crippen LogP contribution < -0.4 is 11.3 Å². The largest absolute Gasteiger partial charge is 0.313 e. The van der Waals surface area contributed by atoms with Crippen molar-refractivity contribution in [2.45, 2.75) is 19.9 Å². The first-order chi connectivity index (χ1) is 6.74. The molecule has 0 amide bonds. The van der Waals surface area contributed by atoms with Crippen molar-refractivity contribution >= 4 is 17.0 Å². The Kier molecular flexibility index (Phi) is 2.05. The van der Waals surface area contributed by atoms with Crippen LogP contribution in [0.4, 0.5) is 5.82 Å². The fourth-order valence-corrected chi connectivity index (χ4v) is 1.34. The van der Waals surface area contributed by atoms with Gasteiger partial charge >= 0.3 is 0 Å². The van der Waals surface area contributed by atoms with Crippen molar-refractivity contribution in [2.24, 2.45) is 5.84 Å². The van der Waals surface area contributed by atoms with E-state index >= 15 is 0 Å². The summed E-state index contributed by atoms with van der Waals surface area (Å²) in [6.07, 6.45) is 3.21. The number of anilines is 1. The number of hydrogen-bond donors (Lipinski definition) is 2. The van der Waals surface area contributed by atoms with E-state index in [1.165, 1.54) is 6.33 Å². The smallest absolute Gasteiger partial charge is 0.171 e. The van der Waals surface area contributed by atoms with Crippen molar-refractivity contribution in [3.8, 4) is 0 Å². The average molecular weight is 192 g/mol. The molecule has 14 heavy (non-hydrogen) atoms. The molecule has 0 unspecified atom stereocenters. The molecule has 0 aliphatic carbocycles. The van der Waals surface area contributed by atoms with Crippen molar-refractivity contribution in [3.05, 3.63) is 12.7 Å². The van der Waals surface area contributed by atoms with Gasteiger partial charge in [0.25, 0.3) is 0 Å². The maximum atomic E-state index is 5.31. The lowest BCUT2D eigenvalue weighted by Crippen LogP contribution is -2.09. The maximum Gasteiger partial charge on any atom is 0.171 e. The molecule has 0 atom stereocenters. The molecule has 0 fully saturated rings. The van der Waals surface area contributed by atoms with Gasteiger partial charge in [0, 0.05) is 6.04 Å². The molecule has 0 spiro atoms. The number of nitrogens with two attached hydrogens (primary N) is 1. The highest BCUT2D eigenvalue weighted by Gasteiger charge is 2.10. The highest BCUT2D eigenvalue weighted by atomic mass is 15.3. The highest BCUT2D eigenvalue weighted by Crippen LogP contribution is 2.19. The van der Waals surface area contributed by atoms with Crippen LogP contribution >= 0.6 is 0 Å². The van der Waals surface area contributed by atoms with Crippen molar-refractivity contribution in [2.75, 3.05) is 5.43 Å². The Morgan fingerprint density at radius 2 is 2.14 bits per heavy atom. The third kappa shape index (κ3) is 1.20. The normalized spacial score (nSPS) is 11.1. The summed E-state index contributed by atoms with van der Waals surface area (Å²) in [7, 11) is 0. The monoisotopic (exact) mass is 192 g/mol. The van der Waals surface area contributed by atoms with Crippen LogP contribution in [0.3, 0.4) is 0 Å². The van der Waals surface area contributed by atoms with Gasteiger partial charge in [0.1, 0.15) is 6.33 Å². The molecule has 3 N–H and O–H groups in total. The van der Waals surface area contributed by atoms with Crippen LogP contribution in [-0.4, -0.2) is 19.5 Å². The molecule has 0 bridgehead atoms. The van der Waals surface area contributed by atoms with E-state index in [4.69, 9.17) is 5.84 Å². The standard InChI is InChI=1S/C8H12N6/c1-5(2)14-4-12-6-7(13-9)10-3-11-8(6)14/h3-5H,9H2,1-2H3,(H,10,11,13). The van der Waals surface area contributed by atoms with Crippen LogP contribution in [0.1, 0.15) is 19.9 Å². The number of rotatable bonds is 2. The van der Waals surface area contributed by atoms with Gasteiger partial charge in [-0.1, -0.05) is 0 Å².